The molecule has 3 aromatic rings. The van der Waals surface area contributed by atoms with Gasteiger partial charge in [0, 0.05) is 30.9 Å². The van der Waals surface area contributed by atoms with Crippen molar-refractivity contribution >= 4 is 27.3 Å². The number of carbonyl (C=O) groups excluding carboxylic acids is 1. The number of aromatic nitrogens is 3. The van der Waals surface area contributed by atoms with Crippen LogP contribution in [0, 0.1) is 22.9 Å². The Morgan fingerprint density at radius 3 is 2.65 bits per heavy atom. The molecule has 0 atom stereocenters. The molecule has 178 valence electrons. The fourth-order valence-electron chi connectivity index (χ4n) is 3.42. The second-order valence-electron chi connectivity index (χ2n) is 7.33. The van der Waals surface area contributed by atoms with Crippen LogP contribution in [0.4, 0.5) is 15.8 Å². The quantitative estimate of drug-likeness (QED) is 0.407. The Morgan fingerprint density at radius 1 is 1.21 bits per heavy atom. The molecule has 0 unspecified atom stereocenters. The topological polar surface area (TPSA) is 150 Å². The van der Waals surface area contributed by atoms with Crippen molar-refractivity contribution < 1.29 is 27.3 Å². The second-order valence-corrected chi connectivity index (χ2v) is 9.23. The Kier molecular flexibility index (Phi) is 6.37. The van der Waals surface area contributed by atoms with E-state index in [0.717, 1.165) is 16.4 Å². The summed E-state index contributed by atoms with van der Waals surface area (Å²) in [5.41, 5.74) is 0.426. The summed E-state index contributed by atoms with van der Waals surface area (Å²) >= 11 is 0. The third kappa shape index (κ3) is 4.50. The number of non-ortho nitro benzene ring substituents is 1. The van der Waals surface area contributed by atoms with Gasteiger partial charge in [0.2, 0.25) is 10.0 Å². The first-order chi connectivity index (χ1) is 16.2. The molecule has 0 radical (unpaired) electrons. The minimum atomic E-state index is -4.13. The van der Waals surface area contributed by atoms with Crippen LogP contribution in [0.3, 0.4) is 0 Å². The van der Waals surface area contributed by atoms with E-state index in [1.807, 2.05) is 0 Å². The Bertz CT molecular complexity index is 1370. The molecule has 1 aromatic heterocycles. The normalized spacial score (nSPS) is 14.6. The predicted octanol–water partition coefficient (Wildman–Crippen LogP) is 1.90. The van der Waals surface area contributed by atoms with E-state index in [-0.39, 0.29) is 43.4 Å². The Hall–Kier alpha value is -3.75. The zero-order chi connectivity index (χ0) is 24.5. The van der Waals surface area contributed by atoms with Crippen LogP contribution in [0.25, 0.3) is 5.69 Å². The molecule has 34 heavy (non-hydrogen) atoms. The van der Waals surface area contributed by atoms with Crippen LogP contribution in [0.1, 0.15) is 16.2 Å². The lowest BCUT2D eigenvalue weighted by Crippen LogP contribution is -2.40. The molecule has 0 spiro atoms. The number of benzene rings is 2. The summed E-state index contributed by atoms with van der Waals surface area (Å²) in [6.07, 6.45) is 0. The summed E-state index contributed by atoms with van der Waals surface area (Å²) in [7, 11) is -4.13. The number of sulfonamides is 1. The minimum Gasteiger partial charge on any atom is -0.379 e. The van der Waals surface area contributed by atoms with Gasteiger partial charge in [0.05, 0.1) is 29.5 Å². The molecule has 1 aliphatic heterocycles. The van der Waals surface area contributed by atoms with E-state index in [9.17, 15) is 27.7 Å². The van der Waals surface area contributed by atoms with Gasteiger partial charge in [0.1, 0.15) is 10.7 Å². The monoisotopic (exact) mass is 490 g/mol. The van der Waals surface area contributed by atoms with Crippen molar-refractivity contribution in [3.63, 3.8) is 0 Å². The van der Waals surface area contributed by atoms with Crippen LogP contribution >= 0.6 is 0 Å². The number of hydrogen-bond acceptors (Lipinski definition) is 8. The predicted molar refractivity (Wildman–Crippen MR) is 117 cm³/mol. The highest BCUT2D eigenvalue weighted by Gasteiger charge is 2.29. The number of hydrogen-bond donors (Lipinski definition) is 1. The third-order valence-corrected chi connectivity index (χ3v) is 7.09. The molecular formula is C20H19FN6O6S. The maximum atomic E-state index is 14.4. The number of nitrogens with one attached hydrogen (secondary N) is 1. The highest BCUT2D eigenvalue weighted by molar-refractivity contribution is 7.89. The van der Waals surface area contributed by atoms with Gasteiger partial charge in [0.15, 0.2) is 5.69 Å². The van der Waals surface area contributed by atoms with Gasteiger partial charge in [-0.1, -0.05) is 11.3 Å². The largest absolute Gasteiger partial charge is 0.379 e. The summed E-state index contributed by atoms with van der Waals surface area (Å²) in [6.45, 7) is 2.15. The maximum Gasteiger partial charge on any atom is 0.278 e. The molecule has 14 heteroatoms. The van der Waals surface area contributed by atoms with E-state index in [1.165, 1.54) is 28.9 Å². The highest BCUT2D eigenvalue weighted by atomic mass is 32.2. The fourth-order valence-corrected chi connectivity index (χ4v) is 4.92. The van der Waals surface area contributed by atoms with Crippen LogP contribution in [0.2, 0.25) is 0 Å². The summed E-state index contributed by atoms with van der Waals surface area (Å²) in [6, 6.07) is 8.87. The average Bonchev–Trinajstić information content (AvgIpc) is 3.22. The first-order valence-corrected chi connectivity index (χ1v) is 11.5. The number of nitro benzene ring substituents is 1. The molecule has 0 bridgehead atoms. The van der Waals surface area contributed by atoms with Gasteiger partial charge in [-0.2, -0.15) is 4.31 Å². The van der Waals surface area contributed by atoms with Crippen LogP contribution in [0.5, 0.6) is 0 Å². The standard InChI is InChI=1S/C20H19FN6O6S/c1-13-19(23-24-26(13)15-3-2-4-16(12-15)27(29)30)20(28)22-14-5-6-17(21)18(11-14)34(31,32)25-7-9-33-10-8-25/h2-6,11-12H,7-10H2,1H3,(H,22,28). The summed E-state index contributed by atoms with van der Waals surface area (Å²) in [5.74, 6) is -1.66. The number of nitrogens with zero attached hydrogens (tertiary/aromatic N) is 5. The summed E-state index contributed by atoms with van der Waals surface area (Å²) in [5, 5.41) is 21.3. The van der Waals surface area contributed by atoms with Gasteiger partial charge in [-0.3, -0.25) is 14.9 Å². The van der Waals surface area contributed by atoms with E-state index in [2.05, 4.69) is 15.6 Å². The Morgan fingerprint density at radius 2 is 1.94 bits per heavy atom. The zero-order valence-electron chi connectivity index (χ0n) is 17.8. The van der Waals surface area contributed by atoms with Crippen LogP contribution < -0.4 is 5.32 Å². The molecule has 0 saturated carbocycles. The average molecular weight is 490 g/mol. The van der Waals surface area contributed by atoms with Crippen molar-refractivity contribution in [1.82, 2.24) is 19.3 Å². The Labute approximate surface area is 193 Å². The van der Waals surface area contributed by atoms with Gasteiger partial charge < -0.3 is 10.1 Å². The molecular weight excluding hydrogens is 471 g/mol. The van der Waals surface area contributed by atoms with Crippen molar-refractivity contribution in [3.05, 3.63) is 69.8 Å². The smallest absolute Gasteiger partial charge is 0.278 e. The number of morpholine rings is 1. The summed E-state index contributed by atoms with van der Waals surface area (Å²) in [4.78, 5) is 22.7. The first kappa shape index (κ1) is 23.4. The number of halogens is 1. The molecule has 1 saturated heterocycles. The van der Waals surface area contributed by atoms with Gasteiger partial charge in [-0.15, -0.1) is 5.10 Å². The molecule has 1 fully saturated rings. The van der Waals surface area contributed by atoms with E-state index in [1.54, 1.807) is 13.0 Å². The van der Waals surface area contributed by atoms with Gasteiger partial charge >= 0.3 is 0 Å². The van der Waals surface area contributed by atoms with Gasteiger partial charge in [0.25, 0.3) is 11.6 Å². The van der Waals surface area contributed by atoms with Crippen molar-refractivity contribution in [2.45, 2.75) is 11.8 Å². The van der Waals surface area contributed by atoms with E-state index in [4.69, 9.17) is 4.74 Å². The van der Waals surface area contributed by atoms with Crippen LogP contribution in [-0.4, -0.2) is 64.9 Å². The van der Waals surface area contributed by atoms with E-state index < -0.39 is 31.6 Å². The van der Waals surface area contributed by atoms with Gasteiger partial charge in [-0.25, -0.2) is 17.5 Å². The first-order valence-electron chi connectivity index (χ1n) is 10.0. The molecule has 1 aliphatic rings. The number of nitro groups is 1. The van der Waals surface area contributed by atoms with Crippen LogP contribution in [0.15, 0.2) is 47.4 Å². The van der Waals surface area contributed by atoms with Crippen molar-refractivity contribution in [2.24, 2.45) is 0 Å². The molecule has 1 N–H and O–H groups in total. The number of rotatable bonds is 6. The zero-order valence-corrected chi connectivity index (χ0v) is 18.7. The van der Waals surface area contributed by atoms with E-state index >= 15 is 0 Å². The lowest BCUT2D eigenvalue weighted by atomic mass is 10.2. The van der Waals surface area contributed by atoms with Gasteiger partial charge in [-0.05, 0) is 31.2 Å². The van der Waals surface area contributed by atoms with Crippen molar-refractivity contribution in [2.75, 3.05) is 31.6 Å². The fraction of sp³-hybridized carbons (Fsp3) is 0.250. The minimum absolute atomic E-state index is 0.0440. The second kappa shape index (κ2) is 9.24. The molecule has 2 aromatic carbocycles. The van der Waals surface area contributed by atoms with Crippen LogP contribution in [-0.2, 0) is 14.8 Å². The summed E-state index contributed by atoms with van der Waals surface area (Å²) < 4.78 is 47.6. The van der Waals surface area contributed by atoms with E-state index in [0.29, 0.717) is 11.4 Å². The lowest BCUT2D eigenvalue weighted by Gasteiger charge is -2.26. The highest BCUT2D eigenvalue weighted by Crippen LogP contribution is 2.25. The molecule has 1 amide bonds. The molecule has 4 rings (SSSR count). The molecule has 2 heterocycles. The number of anilines is 1. The molecule has 12 nitrogen and oxygen atoms in total. The third-order valence-electron chi connectivity index (χ3n) is 5.17. The van der Waals surface area contributed by atoms with Crippen molar-refractivity contribution in [3.8, 4) is 5.69 Å². The SMILES string of the molecule is Cc1c(C(=O)Nc2ccc(F)c(S(=O)(=O)N3CCOCC3)c2)nnn1-c1cccc([N+](=O)[O-])c1. The maximum absolute atomic E-state index is 14.4. The van der Waals surface area contributed by atoms with Crippen molar-refractivity contribution in [1.29, 1.82) is 0 Å². The molecule has 0 aliphatic carbocycles. The number of ether oxygens (including phenoxy) is 1. The lowest BCUT2D eigenvalue weighted by molar-refractivity contribution is -0.384. The Balaban J connectivity index is 1.59. The number of amides is 1. The number of carbonyl (C=O) groups is 1.